The summed E-state index contributed by atoms with van der Waals surface area (Å²) in [7, 11) is 0. The van der Waals surface area contributed by atoms with E-state index in [4.69, 9.17) is 5.11 Å². The Morgan fingerprint density at radius 3 is 2.89 bits per heavy atom. The van der Waals surface area contributed by atoms with E-state index in [2.05, 4.69) is 24.0 Å². The van der Waals surface area contributed by atoms with E-state index < -0.39 is 5.97 Å². The van der Waals surface area contributed by atoms with E-state index in [0.29, 0.717) is 0 Å². The molecule has 1 N–H and O–H groups in total. The molecule has 0 bridgehead atoms. The zero-order valence-electron chi connectivity index (χ0n) is 11.4. The summed E-state index contributed by atoms with van der Waals surface area (Å²) in [5, 5.41) is 8.64. The predicted octanol–water partition coefficient (Wildman–Crippen LogP) is 3.02. The molecule has 2 rings (SSSR count). The molecule has 3 heteroatoms. The van der Waals surface area contributed by atoms with Gasteiger partial charge in [-0.05, 0) is 42.5 Å². The zero-order chi connectivity index (χ0) is 13.7. The largest absolute Gasteiger partial charge is 0.478 e. The number of carboxylic acid groups (broad SMARTS) is 1. The van der Waals surface area contributed by atoms with E-state index in [-0.39, 0.29) is 0 Å². The van der Waals surface area contributed by atoms with E-state index >= 15 is 0 Å². The van der Waals surface area contributed by atoms with E-state index in [1.807, 2.05) is 12.1 Å². The molecule has 1 aliphatic carbocycles. The fourth-order valence-corrected chi connectivity index (χ4v) is 2.19. The molecule has 1 aromatic rings. The lowest BCUT2D eigenvalue weighted by Gasteiger charge is -2.20. The number of carboxylic acids is 1. The van der Waals surface area contributed by atoms with Gasteiger partial charge in [-0.25, -0.2) is 4.79 Å². The van der Waals surface area contributed by atoms with Crippen LogP contribution in [0.15, 0.2) is 30.3 Å². The normalized spacial score (nSPS) is 15.3. The number of nitrogens with zero attached hydrogens (tertiary/aromatic N) is 1. The highest BCUT2D eigenvalue weighted by molar-refractivity contribution is 5.85. The van der Waals surface area contributed by atoms with Gasteiger partial charge in [0.15, 0.2) is 0 Å². The molecule has 0 amide bonds. The summed E-state index contributed by atoms with van der Waals surface area (Å²) in [6, 6.07) is 8.09. The molecule has 1 saturated carbocycles. The summed E-state index contributed by atoms with van der Waals surface area (Å²) >= 11 is 0. The molecule has 1 aliphatic rings. The van der Waals surface area contributed by atoms with Gasteiger partial charge in [-0.15, -0.1) is 0 Å². The highest BCUT2D eigenvalue weighted by Crippen LogP contribution is 2.30. The van der Waals surface area contributed by atoms with Crippen molar-refractivity contribution >= 4 is 12.0 Å². The van der Waals surface area contributed by atoms with Crippen molar-refractivity contribution in [3.8, 4) is 0 Å². The van der Waals surface area contributed by atoms with E-state index in [1.165, 1.54) is 31.0 Å². The standard InChI is InChI=1S/C16H21NO2/c1-2-17(11-14-6-7-14)12-15-5-3-4-13(10-15)8-9-16(18)19/h3-5,8-10,14H,2,6-7,11-12H2,1H3,(H,18,19). The second-order valence-electron chi connectivity index (χ2n) is 5.19. The van der Waals surface area contributed by atoms with Gasteiger partial charge in [-0.2, -0.15) is 0 Å². The van der Waals surface area contributed by atoms with Gasteiger partial charge in [0.05, 0.1) is 0 Å². The SMILES string of the molecule is CCN(Cc1cccc(C=CC(=O)O)c1)CC1CC1. The van der Waals surface area contributed by atoms with E-state index in [0.717, 1.165) is 24.6 Å². The number of hydrogen-bond acceptors (Lipinski definition) is 2. The third-order valence-corrected chi connectivity index (χ3v) is 3.44. The average molecular weight is 259 g/mol. The molecular formula is C16H21NO2. The molecule has 1 fully saturated rings. The summed E-state index contributed by atoms with van der Waals surface area (Å²) in [5.41, 5.74) is 2.19. The Morgan fingerprint density at radius 1 is 1.47 bits per heavy atom. The van der Waals surface area contributed by atoms with E-state index in [9.17, 15) is 4.79 Å². The Hall–Kier alpha value is -1.61. The van der Waals surface area contributed by atoms with Gasteiger partial charge < -0.3 is 5.11 Å². The molecule has 3 nitrogen and oxygen atoms in total. The maximum Gasteiger partial charge on any atom is 0.328 e. The Labute approximate surface area is 114 Å². The predicted molar refractivity (Wildman–Crippen MR) is 76.8 cm³/mol. The molecule has 102 valence electrons. The summed E-state index contributed by atoms with van der Waals surface area (Å²) in [4.78, 5) is 13.0. The van der Waals surface area contributed by atoms with Crippen LogP contribution in [0.4, 0.5) is 0 Å². The van der Waals surface area contributed by atoms with Crippen LogP contribution >= 0.6 is 0 Å². The van der Waals surface area contributed by atoms with Crippen LogP contribution in [0, 0.1) is 5.92 Å². The molecule has 0 atom stereocenters. The van der Waals surface area contributed by atoms with Crippen molar-refractivity contribution in [3.63, 3.8) is 0 Å². The molecule has 19 heavy (non-hydrogen) atoms. The van der Waals surface area contributed by atoms with Crippen LogP contribution in [-0.2, 0) is 11.3 Å². The Kier molecular flexibility index (Phi) is 4.74. The highest BCUT2D eigenvalue weighted by Gasteiger charge is 2.23. The molecule has 0 saturated heterocycles. The van der Waals surface area contributed by atoms with Crippen molar-refractivity contribution in [2.45, 2.75) is 26.3 Å². The van der Waals surface area contributed by atoms with Crippen LogP contribution in [0.3, 0.4) is 0 Å². The quantitative estimate of drug-likeness (QED) is 0.765. The maximum absolute atomic E-state index is 10.5. The van der Waals surface area contributed by atoms with Crippen molar-refractivity contribution in [2.24, 2.45) is 5.92 Å². The van der Waals surface area contributed by atoms with Crippen molar-refractivity contribution in [1.82, 2.24) is 4.90 Å². The topological polar surface area (TPSA) is 40.5 Å². The first-order valence-corrected chi connectivity index (χ1v) is 6.89. The molecule has 0 unspecified atom stereocenters. The van der Waals surface area contributed by atoms with Gasteiger partial charge in [0, 0.05) is 19.2 Å². The van der Waals surface area contributed by atoms with Gasteiger partial charge in [0.25, 0.3) is 0 Å². The molecule has 0 spiro atoms. The minimum Gasteiger partial charge on any atom is -0.478 e. The molecule has 1 aromatic carbocycles. The number of carbonyl (C=O) groups is 1. The summed E-state index contributed by atoms with van der Waals surface area (Å²) in [5.74, 6) is -0.00985. The lowest BCUT2D eigenvalue weighted by Crippen LogP contribution is -2.25. The van der Waals surface area contributed by atoms with Crippen LogP contribution in [0.25, 0.3) is 6.08 Å². The average Bonchev–Trinajstić information content (AvgIpc) is 3.20. The maximum atomic E-state index is 10.5. The first-order chi connectivity index (χ1) is 9.17. The number of rotatable bonds is 7. The zero-order valence-corrected chi connectivity index (χ0v) is 11.4. The molecular weight excluding hydrogens is 238 g/mol. The second-order valence-corrected chi connectivity index (χ2v) is 5.19. The summed E-state index contributed by atoms with van der Waals surface area (Å²) in [6.45, 7) is 5.38. The third-order valence-electron chi connectivity index (χ3n) is 3.44. The monoisotopic (exact) mass is 259 g/mol. The van der Waals surface area contributed by atoms with Crippen LogP contribution < -0.4 is 0 Å². The Balaban J connectivity index is 1.98. The van der Waals surface area contributed by atoms with Crippen molar-refractivity contribution in [3.05, 3.63) is 41.5 Å². The van der Waals surface area contributed by atoms with Crippen molar-refractivity contribution in [2.75, 3.05) is 13.1 Å². The van der Waals surface area contributed by atoms with Crippen LogP contribution in [0.1, 0.15) is 30.9 Å². The third kappa shape index (κ3) is 4.87. The van der Waals surface area contributed by atoms with Gasteiger partial charge in [-0.1, -0.05) is 31.2 Å². The number of aliphatic carboxylic acids is 1. The van der Waals surface area contributed by atoms with Gasteiger partial charge in [0.2, 0.25) is 0 Å². The van der Waals surface area contributed by atoms with Gasteiger partial charge in [0.1, 0.15) is 0 Å². The number of hydrogen-bond donors (Lipinski definition) is 1. The van der Waals surface area contributed by atoms with Crippen LogP contribution in [0.2, 0.25) is 0 Å². The fourth-order valence-electron chi connectivity index (χ4n) is 2.19. The first-order valence-electron chi connectivity index (χ1n) is 6.89. The van der Waals surface area contributed by atoms with Crippen LogP contribution in [0.5, 0.6) is 0 Å². The van der Waals surface area contributed by atoms with E-state index in [1.54, 1.807) is 6.08 Å². The first kappa shape index (κ1) is 13.8. The van der Waals surface area contributed by atoms with Gasteiger partial charge >= 0.3 is 5.97 Å². The van der Waals surface area contributed by atoms with Crippen molar-refractivity contribution in [1.29, 1.82) is 0 Å². The Bertz CT molecular complexity index is 464. The lowest BCUT2D eigenvalue weighted by molar-refractivity contribution is -0.131. The molecule has 0 radical (unpaired) electrons. The fraction of sp³-hybridized carbons (Fsp3) is 0.438. The van der Waals surface area contributed by atoms with Crippen LogP contribution in [-0.4, -0.2) is 29.1 Å². The molecule has 0 heterocycles. The highest BCUT2D eigenvalue weighted by atomic mass is 16.4. The number of benzene rings is 1. The molecule has 0 aliphatic heterocycles. The second kappa shape index (κ2) is 6.53. The Morgan fingerprint density at radius 2 is 2.26 bits per heavy atom. The smallest absolute Gasteiger partial charge is 0.328 e. The summed E-state index contributed by atoms with van der Waals surface area (Å²) in [6.07, 6.45) is 5.57. The van der Waals surface area contributed by atoms with Crippen molar-refractivity contribution < 1.29 is 9.90 Å². The minimum atomic E-state index is -0.908. The summed E-state index contributed by atoms with van der Waals surface area (Å²) < 4.78 is 0. The minimum absolute atomic E-state index is 0.898. The molecule has 0 aromatic heterocycles. The van der Waals surface area contributed by atoms with Gasteiger partial charge in [-0.3, -0.25) is 4.90 Å². The lowest BCUT2D eigenvalue weighted by atomic mass is 10.1.